The van der Waals surface area contributed by atoms with Crippen LogP contribution >= 0.6 is 15.9 Å². The molecule has 0 N–H and O–H groups in total. The molecule has 0 spiro atoms. The van der Waals surface area contributed by atoms with Gasteiger partial charge >= 0.3 is 0 Å². The topological polar surface area (TPSA) is 31.4 Å². The average molecular weight is 268 g/mol. The van der Waals surface area contributed by atoms with Crippen molar-refractivity contribution >= 4 is 15.9 Å². The zero-order valence-corrected chi connectivity index (χ0v) is 9.14. The van der Waals surface area contributed by atoms with E-state index >= 15 is 0 Å². The second kappa shape index (κ2) is 4.54. The van der Waals surface area contributed by atoms with Gasteiger partial charge in [-0.1, -0.05) is 0 Å². The lowest BCUT2D eigenvalue weighted by atomic mass is 10.3. The molecule has 14 heavy (non-hydrogen) atoms. The van der Waals surface area contributed by atoms with Gasteiger partial charge in [-0.2, -0.15) is 0 Å². The molecule has 3 nitrogen and oxygen atoms in total. The number of rotatable bonds is 3. The van der Waals surface area contributed by atoms with E-state index in [9.17, 15) is 8.78 Å². The molecule has 0 aliphatic rings. The third-order valence-electron chi connectivity index (χ3n) is 1.60. The Morgan fingerprint density at radius 2 is 2.00 bits per heavy atom. The summed E-state index contributed by atoms with van der Waals surface area (Å²) in [6.45, 7) is 0. The summed E-state index contributed by atoms with van der Waals surface area (Å²) in [5.41, 5.74) is -0.359. The number of alkyl halides is 2. The van der Waals surface area contributed by atoms with Crippen molar-refractivity contribution in [3.8, 4) is 11.5 Å². The number of hydrogen-bond acceptors (Lipinski definition) is 3. The smallest absolute Gasteiger partial charge is 0.281 e. The summed E-state index contributed by atoms with van der Waals surface area (Å²) in [6, 6.07) is 0. The Bertz CT molecular complexity index is 333. The molecule has 78 valence electrons. The highest BCUT2D eigenvalue weighted by atomic mass is 79.9. The number of aromatic nitrogens is 1. The second-order valence-corrected chi connectivity index (χ2v) is 3.15. The zero-order valence-electron chi connectivity index (χ0n) is 7.55. The van der Waals surface area contributed by atoms with Crippen LogP contribution in [-0.2, 0) is 0 Å². The number of halogens is 3. The van der Waals surface area contributed by atoms with Gasteiger partial charge in [-0.15, -0.1) is 0 Å². The van der Waals surface area contributed by atoms with Crippen molar-refractivity contribution in [3.05, 3.63) is 16.4 Å². The lowest BCUT2D eigenvalue weighted by molar-refractivity contribution is 0.144. The molecule has 0 aromatic carbocycles. The van der Waals surface area contributed by atoms with Crippen LogP contribution in [0.3, 0.4) is 0 Å². The van der Waals surface area contributed by atoms with Gasteiger partial charge in [0.1, 0.15) is 5.69 Å². The van der Waals surface area contributed by atoms with Crippen LogP contribution in [0.5, 0.6) is 11.5 Å². The van der Waals surface area contributed by atoms with E-state index < -0.39 is 6.43 Å². The Hall–Kier alpha value is -0.910. The summed E-state index contributed by atoms with van der Waals surface area (Å²) in [4.78, 5) is 3.56. The lowest BCUT2D eigenvalue weighted by Gasteiger charge is -2.11. The van der Waals surface area contributed by atoms with Gasteiger partial charge in [-0.25, -0.2) is 13.8 Å². The van der Waals surface area contributed by atoms with Crippen LogP contribution in [0.4, 0.5) is 8.78 Å². The predicted molar refractivity (Wildman–Crippen MR) is 50.0 cm³/mol. The maximum absolute atomic E-state index is 12.4. The first-order chi connectivity index (χ1) is 6.61. The monoisotopic (exact) mass is 267 g/mol. The minimum absolute atomic E-state index is 0.120. The third kappa shape index (κ3) is 1.95. The summed E-state index contributed by atoms with van der Waals surface area (Å²) in [7, 11) is 2.78. The van der Waals surface area contributed by atoms with Gasteiger partial charge in [0.05, 0.1) is 24.9 Å². The van der Waals surface area contributed by atoms with E-state index in [1.54, 1.807) is 0 Å². The number of pyridine rings is 1. The molecular formula is C8H8BrF2NO2. The van der Waals surface area contributed by atoms with Crippen molar-refractivity contribution in [1.29, 1.82) is 0 Å². The molecule has 0 bridgehead atoms. The SMILES string of the molecule is COc1cnc(C(F)F)c(Br)c1OC. The first kappa shape index (κ1) is 11.2. The van der Waals surface area contributed by atoms with Crippen LogP contribution in [0, 0.1) is 0 Å². The fourth-order valence-electron chi connectivity index (χ4n) is 0.956. The van der Waals surface area contributed by atoms with Crippen molar-refractivity contribution in [1.82, 2.24) is 4.98 Å². The Morgan fingerprint density at radius 1 is 1.36 bits per heavy atom. The van der Waals surface area contributed by atoms with Crippen molar-refractivity contribution < 1.29 is 18.3 Å². The molecular weight excluding hydrogens is 260 g/mol. The number of ether oxygens (including phenoxy) is 2. The average Bonchev–Trinajstić information content (AvgIpc) is 2.16. The van der Waals surface area contributed by atoms with Crippen LogP contribution in [0.1, 0.15) is 12.1 Å². The summed E-state index contributed by atoms with van der Waals surface area (Å²) >= 11 is 2.99. The van der Waals surface area contributed by atoms with Crippen LogP contribution in [0.25, 0.3) is 0 Å². The fourth-order valence-corrected chi connectivity index (χ4v) is 1.59. The first-order valence-corrected chi connectivity index (χ1v) is 4.45. The zero-order chi connectivity index (χ0) is 10.7. The normalized spacial score (nSPS) is 10.4. The number of hydrogen-bond donors (Lipinski definition) is 0. The van der Waals surface area contributed by atoms with E-state index in [0.29, 0.717) is 5.75 Å². The molecule has 0 atom stereocenters. The van der Waals surface area contributed by atoms with Gasteiger partial charge in [-0.3, -0.25) is 0 Å². The Morgan fingerprint density at radius 3 is 2.43 bits per heavy atom. The molecule has 6 heteroatoms. The van der Waals surface area contributed by atoms with Gasteiger partial charge in [0, 0.05) is 0 Å². The summed E-state index contributed by atoms with van der Waals surface area (Å²) in [6.07, 6.45) is -1.45. The highest BCUT2D eigenvalue weighted by molar-refractivity contribution is 9.10. The van der Waals surface area contributed by atoms with Crippen LogP contribution in [0.15, 0.2) is 10.7 Å². The van der Waals surface area contributed by atoms with E-state index in [1.165, 1.54) is 20.4 Å². The Labute approximate surface area is 88.2 Å². The van der Waals surface area contributed by atoms with Gasteiger partial charge in [0.15, 0.2) is 11.5 Å². The second-order valence-electron chi connectivity index (χ2n) is 2.36. The van der Waals surface area contributed by atoms with Crippen LogP contribution in [-0.4, -0.2) is 19.2 Å². The molecule has 0 saturated heterocycles. The van der Waals surface area contributed by atoms with Crippen molar-refractivity contribution in [2.24, 2.45) is 0 Å². The van der Waals surface area contributed by atoms with Crippen molar-refractivity contribution in [3.63, 3.8) is 0 Å². The molecule has 1 aromatic rings. The number of methoxy groups -OCH3 is 2. The third-order valence-corrected chi connectivity index (χ3v) is 2.37. The standard InChI is InChI=1S/C8H8BrF2NO2/c1-13-4-3-12-6(8(10)11)5(9)7(4)14-2/h3,8H,1-2H3. The summed E-state index contributed by atoms with van der Waals surface area (Å²) in [5, 5.41) is 0. The van der Waals surface area contributed by atoms with Gasteiger partial charge in [0.2, 0.25) is 0 Å². The van der Waals surface area contributed by atoms with Crippen LogP contribution < -0.4 is 9.47 Å². The highest BCUT2D eigenvalue weighted by Crippen LogP contribution is 2.39. The highest BCUT2D eigenvalue weighted by Gasteiger charge is 2.20. The fraction of sp³-hybridized carbons (Fsp3) is 0.375. The van der Waals surface area contributed by atoms with Gasteiger partial charge in [0.25, 0.3) is 6.43 Å². The van der Waals surface area contributed by atoms with Crippen molar-refractivity contribution in [2.45, 2.75) is 6.43 Å². The minimum Gasteiger partial charge on any atom is -0.492 e. The van der Waals surface area contributed by atoms with E-state index in [4.69, 9.17) is 9.47 Å². The largest absolute Gasteiger partial charge is 0.492 e. The molecule has 0 aliphatic carbocycles. The molecule has 1 rings (SSSR count). The van der Waals surface area contributed by atoms with E-state index in [2.05, 4.69) is 20.9 Å². The Kier molecular flexibility index (Phi) is 3.62. The summed E-state index contributed by atoms with van der Waals surface area (Å²) < 4.78 is 34.7. The quantitative estimate of drug-likeness (QED) is 0.844. The Balaban J connectivity index is 3.27. The van der Waals surface area contributed by atoms with Crippen molar-refractivity contribution in [2.75, 3.05) is 14.2 Å². The van der Waals surface area contributed by atoms with E-state index in [0.717, 1.165) is 0 Å². The van der Waals surface area contributed by atoms with Gasteiger partial charge < -0.3 is 9.47 Å². The molecule has 0 amide bonds. The summed E-state index contributed by atoms with van der Waals surface area (Å²) in [5.74, 6) is 0.529. The molecule has 0 aliphatic heterocycles. The molecule has 0 saturated carbocycles. The molecule has 0 unspecified atom stereocenters. The maximum Gasteiger partial charge on any atom is 0.281 e. The number of nitrogens with zero attached hydrogens (tertiary/aromatic N) is 1. The maximum atomic E-state index is 12.4. The molecule has 0 fully saturated rings. The predicted octanol–water partition coefficient (Wildman–Crippen LogP) is 2.80. The van der Waals surface area contributed by atoms with E-state index in [1.807, 2.05) is 0 Å². The van der Waals surface area contributed by atoms with Gasteiger partial charge in [-0.05, 0) is 15.9 Å². The molecule has 0 radical (unpaired) electrons. The lowest BCUT2D eigenvalue weighted by Crippen LogP contribution is -1.98. The van der Waals surface area contributed by atoms with E-state index in [-0.39, 0.29) is 15.9 Å². The molecule has 1 heterocycles. The van der Waals surface area contributed by atoms with Crippen LogP contribution in [0.2, 0.25) is 0 Å². The minimum atomic E-state index is -2.65. The molecule has 1 aromatic heterocycles. The first-order valence-electron chi connectivity index (χ1n) is 3.66.